The van der Waals surface area contributed by atoms with Gasteiger partial charge in [-0.1, -0.05) is 25.3 Å². The van der Waals surface area contributed by atoms with Crippen LogP contribution >= 0.6 is 12.4 Å². The molecule has 1 aliphatic carbocycles. The summed E-state index contributed by atoms with van der Waals surface area (Å²) in [5.74, 6) is 0.873. The molecule has 2 aliphatic heterocycles. The summed E-state index contributed by atoms with van der Waals surface area (Å²) >= 11 is 0. The van der Waals surface area contributed by atoms with Gasteiger partial charge in [0, 0.05) is 32.2 Å². The molecule has 1 aromatic carbocycles. The second-order valence-electron chi connectivity index (χ2n) is 7.00. The molecule has 2 fully saturated rings. The predicted octanol–water partition coefficient (Wildman–Crippen LogP) is 3.96. The van der Waals surface area contributed by atoms with Crippen molar-refractivity contribution in [2.45, 2.75) is 44.4 Å². The zero-order valence-corrected chi connectivity index (χ0v) is 15.0. The molecule has 25 heavy (non-hydrogen) atoms. The Hall–Kier alpha value is -1.11. The van der Waals surface area contributed by atoms with Crippen molar-refractivity contribution < 1.29 is 18.3 Å². The Balaban J connectivity index is 0.00000182. The van der Waals surface area contributed by atoms with Crippen LogP contribution in [-0.2, 0) is 0 Å². The van der Waals surface area contributed by atoms with Crippen LogP contribution in [0.3, 0.4) is 0 Å². The van der Waals surface area contributed by atoms with Crippen LogP contribution in [0.25, 0.3) is 0 Å². The lowest BCUT2D eigenvalue weighted by Gasteiger charge is -2.41. The number of rotatable bonds is 3. The third-order valence-electron chi connectivity index (χ3n) is 5.41. The molecule has 1 saturated carbocycles. The van der Waals surface area contributed by atoms with E-state index in [1.807, 2.05) is 6.07 Å². The van der Waals surface area contributed by atoms with Crippen molar-refractivity contribution in [1.29, 1.82) is 0 Å². The topological polar surface area (TPSA) is 33.7 Å². The molecular formula is C18H25ClF2N2O2. The molecular weight excluding hydrogens is 350 g/mol. The van der Waals surface area contributed by atoms with Crippen LogP contribution in [0, 0.1) is 5.92 Å². The van der Waals surface area contributed by atoms with Gasteiger partial charge in [-0.3, -0.25) is 4.90 Å². The lowest BCUT2D eigenvalue weighted by Crippen LogP contribution is -2.47. The minimum Gasteiger partial charge on any atom is -0.395 e. The number of benzene rings is 1. The fourth-order valence-electron chi connectivity index (χ4n) is 4.34. The third kappa shape index (κ3) is 4.01. The number of halogens is 3. The zero-order valence-electron chi connectivity index (χ0n) is 14.2. The largest absolute Gasteiger partial charge is 0.586 e. The monoisotopic (exact) mass is 374 g/mol. The summed E-state index contributed by atoms with van der Waals surface area (Å²) in [5.41, 5.74) is 1.07. The van der Waals surface area contributed by atoms with Crippen molar-refractivity contribution in [3.8, 4) is 11.5 Å². The number of ether oxygens (including phenoxy) is 2. The van der Waals surface area contributed by atoms with Gasteiger partial charge in [0.2, 0.25) is 0 Å². The van der Waals surface area contributed by atoms with Gasteiger partial charge in [-0.25, -0.2) is 0 Å². The Bertz CT molecular complexity index is 572. The smallest absolute Gasteiger partial charge is 0.395 e. The summed E-state index contributed by atoms with van der Waals surface area (Å²) in [7, 11) is 0. The minimum atomic E-state index is -3.55. The van der Waals surface area contributed by atoms with Gasteiger partial charge in [0.25, 0.3) is 0 Å². The van der Waals surface area contributed by atoms with E-state index in [0.717, 1.165) is 31.7 Å². The number of piperazine rings is 1. The summed E-state index contributed by atoms with van der Waals surface area (Å²) in [6.07, 6.45) is 2.69. The highest BCUT2D eigenvalue weighted by atomic mass is 35.5. The van der Waals surface area contributed by atoms with Crippen LogP contribution in [0.15, 0.2) is 18.2 Å². The summed E-state index contributed by atoms with van der Waals surface area (Å²) in [4.78, 5) is 2.50. The molecule has 1 saturated heterocycles. The molecule has 140 valence electrons. The molecule has 4 nitrogen and oxygen atoms in total. The van der Waals surface area contributed by atoms with E-state index in [-0.39, 0.29) is 29.9 Å². The predicted molar refractivity (Wildman–Crippen MR) is 93.7 cm³/mol. The quantitative estimate of drug-likeness (QED) is 0.868. The summed E-state index contributed by atoms with van der Waals surface area (Å²) in [6.45, 7) is 3.94. The number of hydrogen-bond donors (Lipinski definition) is 1. The van der Waals surface area contributed by atoms with Crippen LogP contribution in [0.1, 0.15) is 43.7 Å². The molecule has 1 atom stereocenters. The number of fused-ring (bicyclic) bond motifs is 1. The Morgan fingerprint density at radius 2 is 1.72 bits per heavy atom. The molecule has 0 amide bonds. The molecule has 3 aliphatic rings. The Morgan fingerprint density at radius 1 is 1.04 bits per heavy atom. The van der Waals surface area contributed by atoms with Gasteiger partial charge < -0.3 is 14.8 Å². The van der Waals surface area contributed by atoms with Crippen molar-refractivity contribution >= 4 is 12.4 Å². The maximum atomic E-state index is 13.3. The molecule has 0 bridgehead atoms. The molecule has 2 heterocycles. The molecule has 0 unspecified atom stereocenters. The highest BCUT2D eigenvalue weighted by Gasteiger charge is 2.44. The lowest BCUT2D eigenvalue weighted by molar-refractivity contribution is -0.286. The van der Waals surface area contributed by atoms with Crippen LogP contribution in [0.2, 0.25) is 0 Å². The third-order valence-corrected chi connectivity index (χ3v) is 5.41. The average molecular weight is 375 g/mol. The van der Waals surface area contributed by atoms with Crippen molar-refractivity contribution in [3.05, 3.63) is 23.8 Å². The van der Waals surface area contributed by atoms with Gasteiger partial charge in [0.1, 0.15) is 0 Å². The van der Waals surface area contributed by atoms with E-state index >= 15 is 0 Å². The van der Waals surface area contributed by atoms with Crippen molar-refractivity contribution in [2.75, 3.05) is 26.2 Å². The first-order chi connectivity index (χ1) is 11.6. The first-order valence-corrected chi connectivity index (χ1v) is 8.97. The van der Waals surface area contributed by atoms with E-state index in [1.54, 1.807) is 12.1 Å². The van der Waals surface area contributed by atoms with E-state index in [2.05, 4.69) is 19.7 Å². The first-order valence-electron chi connectivity index (χ1n) is 8.97. The van der Waals surface area contributed by atoms with E-state index in [4.69, 9.17) is 0 Å². The van der Waals surface area contributed by atoms with Crippen LogP contribution in [0.5, 0.6) is 11.5 Å². The summed E-state index contributed by atoms with van der Waals surface area (Å²) in [5, 5.41) is 3.39. The van der Waals surface area contributed by atoms with Gasteiger partial charge in [-0.05, 0) is 36.5 Å². The first kappa shape index (κ1) is 18.7. The molecule has 1 N–H and O–H groups in total. The second-order valence-corrected chi connectivity index (χ2v) is 7.00. The van der Waals surface area contributed by atoms with E-state index in [9.17, 15) is 8.78 Å². The fraction of sp³-hybridized carbons (Fsp3) is 0.667. The Labute approximate surface area is 153 Å². The molecule has 1 aromatic rings. The van der Waals surface area contributed by atoms with Crippen molar-refractivity contribution in [3.63, 3.8) is 0 Å². The Morgan fingerprint density at radius 3 is 2.44 bits per heavy atom. The molecule has 0 radical (unpaired) electrons. The standard InChI is InChI=1S/C18H24F2N2O2.ClH/c19-18(20)23-15-7-6-14(12-16(15)24-18)17(13-4-2-1-3-5-13)22-10-8-21-9-11-22;/h6-7,12-13,17,21H,1-5,8-11H2;1H/t17-;/m1./s1. The second kappa shape index (κ2) is 7.64. The fourth-order valence-corrected chi connectivity index (χ4v) is 4.34. The van der Waals surface area contributed by atoms with Crippen LogP contribution in [-0.4, -0.2) is 37.4 Å². The molecule has 7 heteroatoms. The van der Waals surface area contributed by atoms with Gasteiger partial charge in [-0.15, -0.1) is 21.2 Å². The average Bonchev–Trinajstić information content (AvgIpc) is 2.90. The molecule has 4 rings (SSSR count). The highest BCUT2D eigenvalue weighted by molar-refractivity contribution is 5.85. The number of alkyl halides is 2. The maximum absolute atomic E-state index is 13.3. The highest BCUT2D eigenvalue weighted by Crippen LogP contribution is 2.45. The SMILES string of the molecule is Cl.FC1(F)Oc2ccc([C@@H](C3CCCCC3)N3CCNCC3)cc2O1. The number of hydrogen-bond acceptors (Lipinski definition) is 4. The molecule has 0 spiro atoms. The van der Waals surface area contributed by atoms with E-state index in [1.165, 1.54) is 32.1 Å². The van der Waals surface area contributed by atoms with Crippen LogP contribution < -0.4 is 14.8 Å². The van der Waals surface area contributed by atoms with Gasteiger partial charge in [-0.2, -0.15) is 0 Å². The van der Waals surface area contributed by atoms with E-state index in [0.29, 0.717) is 5.92 Å². The van der Waals surface area contributed by atoms with E-state index < -0.39 is 6.29 Å². The van der Waals surface area contributed by atoms with Gasteiger partial charge in [0.05, 0.1) is 0 Å². The minimum absolute atomic E-state index is 0. The molecule has 0 aromatic heterocycles. The summed E-state index contributed by atoms with van der Waals surface area (Å²) < 4.78 is 35.8. The summed E-state index contributed by atoms with van der Waals surface area (Å²) in [6, 6.07) is 5.60. The zero-order chi connectivity index (χ0) is 16.6. The Kier molecular flexibility index (Phi) is 5.71. The van der Waals surface area contributed by atoms with Crippen molar-refractivity contribution in [2.24, 2.45) is 5.92 Å². The van der Waals surface area contributed by atoms with Gasteiger partial charge in [0.15, 0.2) is 11.5 Å². The number of nitrogens with one attached hydrogen (secondary N) is 1. The van der Waals surface area contributed by atoms with Crippen LogP contribution in [0.4, 0.5) is 8.78 Å². The number of nitrogens with zero attached hydrogens (tertiary/aromatic N) is 1. The normalized spacial score (nSPS) is 24.6. The lowest BCUT2D eigenvalue weighted by atomic mass is 9.80. The van der Waals surface area contributed by atoms with Crippen molar-refractivity contribution in [1.82, 2.24) is 10.2 Å². The van der Waals surface area contributed by atoms with Gasteiger partial charge >= 0.3 is 6.29 Å². The maximum Gasteiger partial charge on any atom is 0.586 e.